The van der Waals surface area contributed by atoms with E-state index in [0.29, 0.717) is 5.92 Å². The van der Waals surface area contributed by atoms with Crippen molar-refractivity contribution in [1.29, 1.82) is 0 Å². The van der Waals surface area contributed by atoms with Crippen molar-refractivity contribution in [2.75, 3.05) is 6.54 Å². The number of piperidine rings is 1. The molecule has 0 unspecified atom stereocenters. The van der Waals surface area contributed by atoms with E-state index in [1.165, 1.54) is 5.56 Å². The fraction of sp³-hybridized carbons (Fsp3) is 0.632. The van der Waals surface area contributed by atoms with Gasteiger partial charge in [-0.25, -0.2) is 0 Å². The average molecular weight is 318 g/mol. The molecule has 128 valence electrons. The summed E-state index contributed by atoms with van der Waals surface area (Å²) in [7, 11) is 0. The van der Waals surface area contributed by atoms with Crippen LogP contribution < -0.4 is 10.5 Å². The number of nitrogens with two attached hydrogens (primary N) is 1. The van der Waals surface area contributed by atoms with Crippen molar-refractivity contribution in [3.05, 3.63) is 29.3 Å². The number of benzene rings is 1. The highest BCUT2D eigenvalue weighted by Crippen LogP contribution is 2.26. The first-order valence-electron chi connectivity index (χ1n) is 8.62. The molecule has 0 radical (unpaired) electrons. The maximum absolute atomic E-state index is 12.7. The van der Waals surface area contributed by atoms with Gasteiger partial charge in [0.25, 0.3) is 5.91 Å². The fourth-order valence-electron chi connectivity index (χ4n) is 3.11. The molecule has 0 aromatic heterocycles. The highest BCUT2D eigenvalue weighted by molar-refractivity contribution is 5.81. The van der Waals surface area contributed by atoms with E-state index in [1.807, 2.05) is 18.7 Å². The molecule has 1 saturated heterocycles. The third kappa shape index (κ3) is 4.25. The summed E-state index contributed by atoms with van der Waals surface area (Å²) in [6.45, 7) is 10.9. The zero-order valence-electron chi connectivity index (χ0n) is 15.0. The van der Waals surface area contributed by atoms with Crippen molar-refractivity contribution in [1.82, 2.24) is 4.90 Å². The Morgan fingerprint density at radius 1 is 1.35 bits per heavy atom. The maximum atomic E-state index is 12.7. The molecule has 1 aromatic rings. The molecule has 1 aliphatic heterocycles. The molecule has 0 spiro atoms. The van der Waals surface area contributed by atoms with Crippen LogP contribution in [0.1, 0.15) is 57.6 Å². The first kappa shape index (κ1) is 17.8. The third-order valence-corrected chi connectivity index (χ3v) is 4.73. The van der Waals surface area contributed by atoms with Gasteiger partial charge in [0, 0.05) is 18.6 Å². The number of hydrogen-bond acceptors (Lipinski definition) is 3. The summed E-state index contributed by atoms with van der Waals surface area (Å²) in [6, 6.07) is 6.62. The Balaban J connectivity index is 2.08. The predicted molar refractivity (Wildman–Crippen MR) is 93.7 cm³/mol. The molecular formula is C19H30N2O2. The van der Waals surface area contributed by atoms with Crippen LogP contribution in [0.2, 0.25) is 0 Å². The zero-order chi connectivity index (χ0) is 17.1. The topological polar surface area (TPSA) is 55.6 Å². The molecule has 1 heterocycles. The van der Waals surface area contributed by atoms with E-state index in [1.54, 1.807) is 0 Å². The fourth-order valence-corrected chi connectivity index (χ4v) is 3.11. The van der Waals surface area contributed by atoms with Crippen molar-refractivity contribution in [3.63, 3.8) is 0 Å². The van der Waals surface area contributed by atoms with E-state index in [4.69, 9.17) is 10.5 Å². The van der Waals surface area contributed by atoms with E-state index in [9.17, 15) is 4.79 Å². The van der Waals surface area contributed by atoms with Crippen LogP contribution in [0.25, 0.3) is 0 Å². The van der Waals surface area contributed by atoms with E-state index in [0.717, 1.165) is 30.7 Å². The lowest BCUT2D eigenvalue weighted by atomic mass is 9.98. The Kier molecular flexibility index (Phi) is 5.69. The number of likely N-dealkylation sites (tertiary alicyclic amines) is 1. The number of ether oxygens (including phenoxy) is 1. The van der Waals surface area contributed by atoms with Gasteiger partial charge in [0.05, 0.1) is 0 Å². The van der Waals surface area contributed by atoms with Gasteiger partial charge in [-0.2, -0.15) is 0 Å². The van der Waals surface area contributed by atoms with Crippen LogP contribution in [0.15, 0.2) is 18.2 Å². The van der Waals surface area contributed by atoms with Gasteiger partial charge >= 0.3 is 0 Å². The quantitative estimate of drug-likeness (QED) is 0.927. The Morgan fingerprint density at radius 2 is 2.04 bits per heavy atom. The number of carbonyl (C=O) groups is 1. The van der Waals surface area contributed by atoms with Gasteiger partial charge in [0.1, 0.15) is 5.75 Å². The van der Waals surface area contributed by atoms with Crippen LogP contribution in [0.4, 0.5) is 0 Å². The molecule has 1 fully saturated rings. The molecule has 4 nitrogen and oxygen atoms in total. The summed E-state index contributed by atoms with van der Waals surface area (Å²) in [4.78, 5) is 14.6. The molecule has 4 heteroatoms. The van der Waals surface area contributed by atoms with Crippen LogP contribution >= 0.6 is 0 Å². The van der Waals surface area contributed by atoms with Crippen molar-refractivity contribution in [3.8, 4) is 5.75 Å². The number of rotatable bonds is 4. The number of carbonyl (C=O) groups excluding carboxylic acids is 1. The number of nitrogens with zero attached hydrogens (tertiary/aromatic N) is 1. The molecule has 0 bridgehead atoms. The van der Waals surface area contributed by atoms with Gasteiger partial charge in [0.2, 0.25) is 0 Å². The summed E-state index contributed by atoms with van der Waals surface area (Å²) in [5.41, 5.74) is 8.27. The maximum Gasteiger partial charge on any atom is 0.263 e. The minimum atomic E-state index is -0.479. The van der Waals surface area contributed by atoms with Gasteiger partial charge in [-0.05, 0) is 56.7 Å². The monoisotopic (exact) mass is 318 g/mol. The lowest BCUT2D eigenvalue weighted by Gasteiger charge is -2.37. The minimum absolute atomic E-state index is 0.0544. The molecule has 2 N–H and O–H groups in total. The minimum Gasteiger partial charge on any atom is -0.481 e. The van der Waals surface area contributed by atoms with Gasteiger partial charge < -0.3 is 15.4 Å². The average Bonchev–Trinajstić information content (AvgIpc) is 2.48. The van der Waals surface area contributed by atoms with Crippen molar-refractivity contribution in [2.24, 2.45) is 5.73 Å². The number of hydrogen-bond donors (Lipinski definition) is 1. The summed E-state index contributed by atoms with van der Waals surface area (Å²) in [5, 5.41) is 0. The van der Waals surface area contributed by atoms with Crippen molar-refractivity contribution >= 4 is 5.91 Å². The summed E-state index contributed by atoms with van der Waals surface area (Å²) < 4.78 is 6.00. The Hall–Kier alpha value is -1.55. The molecule has 1 aromatic carbocycles. The SMILES string of the molecule is Cc1ccc(C(C)C)cc1O[C@H](C)C(=O)N1CC[C@H](N)C[C@H]1C. The van der Waals surface area contributed by atoms with Gasteiger partial charge in [-0.3, -0.25) is 4.79 Å². The standard InChI is InChI=1S/C19H30N2O2/c1-12(2)16-7-6-13(3)18(11-16)23-15(5)19(22)21-9-8-17(20)10-14(21)4/h6-7,11-12,14-15,17H,8-10,20H2,1-5H3/t14-,15-,17+/m1/s1. The second-order valence-corrected chi connectivity index (χ2v) is 7.10. The number of amides is 1. The second kappa shape index (κ2) is 7.35. The number of aryl methyl sites for hydroxylation is 1. The Morgan fingerprint density at radius 3 is 2.65 bits per heavy atom. The van der Waals surface area contributed by atoms with Crippen molar-refractivity contribution in [2.45, 2.75) is 71.6 Å². The van der Waals surface area contributed by atoms with E-state index >= 15 is 0 Å². The van der Waals surface area contributed by atoms with Crippen molar-refractivity contribution < 1.29 is 9.53 Å². The summed E-state index contributed by atoms with van der Waals surface area (Å²) in [5.74, 6) is 1.30. The highest BCUT2D eigenvalue weighted by atomic mass is 16.5. The first-order chi connectivity index (χ1) is 10.8. The van der Waals surface area contributed by atoms with Gasteiger partial charge in [-0.15, -0.1) is 0 Å². The molecular weight excluding hydrogens is 288 g/mol. The first-order valence-corrected chi connectivity index (χ1v) is 8.62. The third-order valence-electron chi connectivity index (χ3n) is 4.73. The van der Waals surface area contributed by atoms with Crippen LogP contribution in [0.3, 0.4) is 0 Å². The van der Waals surface area contributed by atoms with Crippen LogP contribution in [-0.4, -0.2) is 35.5 Å². The Bertz CT molecular complexity index is 556. The normalized spacial score (nSPS) is 23.0. The highest BCUT2D eigenvalue weighted by Gasteiger charge is 2.30. The van der Waals surface area contributed by atoms with Gasteiger partial charge in [0.15, 0.2) is 6.10 Å². The van der Waals surface area contributed by atoms with Gasteiger partial charge in [-0.1, -0.05) is 26.0 Å². The molecule has 23 heavy (non-hydrogen) atoms. The molecule has 3 atom stereocenters. The molecule has 0 aliphatic carbocycles. The largest absolute Gasteiger partial charge is 0.481 e. The van der Waals surface area contributed by atoms with E-state index < -0.39 is 6.10 Å². The zero-order valence-corrected chi connectivity index (χ0v) is 15.0. The molecule has 2 rings (SSSR count). The lowest BCUT2D eigenvalue weighted by molar-refractivity contribution is -0.141. The van der Waals surface area contributed by atoms with E-state index in [2.05, 4.69) is 39.0 Å². The van der Waals surface area contributed by atoms with E-state index in [-0.39, 0.29) is 18.0 Å². The predicted octanol–water partition coefficient (Wildman–Crippen LogP) is 3.22. The molecule has 1 amide bonds. The second-order valence-electron chi connectivity index (χ2n) is 7.10. The van der Waals surface area contributed by atoms with Crippen LogP contribution in [-0.2, 0) is 4.79 Å². The Labute approximate surface area is 140 Å². The molecule has 0 saturated carbocycles. The summed E-state index contributed by atoms with van der Waals surface area (Å²) >= 11 is 0. The summed E-state index contributed by atoms with van der Waals surface area (Å²) in [6.07, 6.45) is 1.25. The molecule has 1 aliphatic rings. The lowest BCUT2D eigenvalue weighted by Crippen LogP contribution is -2.52. The van der Waals surface area contributed by atoms with Crippen LogP contribution in [0.5, 0.6) is 5.75 Å². The van der Waals surface area contributed by atoms with Crippen LogP contribution in [0, 0.1) is 6.92 Å². The smallest absolute Gasteiger partial charge is 0.263 e.